The highest BCUT2D eigenvalue weighted by Crippen LogP contribution is 2.59. The van der Waals surface area contributed by atoms with Crippen molar-refractivity contribution >= 4 is 0 Å². The van der Waals surface area contributed by atoms with Crippen LogP contribution < -0.4 is 0 Å². The highest BCUT2D eigenvalue weighted by Gasteiger charge is 2.51. The first-order valence-electron chi connectivity index (χ1n) is 9.78. The number of benzene rings is 1. The summed E-state index contributed by atoms with van der Waals surface area (Å²) in [4.78, 5) is 0. The van der Waals surface area contributed by atoms with Crippen molar-refractivity contribution in [3.8, 4) is 5.75 Å². The molecule has 1 N–H and O–H groups in total. The number of phenols is 1. The fourth-order valence-electron chi connectivity index (χ4n) is 5.76. The number of hydrogen-bond acceptors (Lipinski definition) is 2. The molecule has 2 unspecified atom stereocenters. The summed E-state index contributed by atoms with van der Waals surface area (Å²) < 4.78 is 6.04. The van der Waals surface area contributed by atoms with E-state index in [1.54, 1.807) is 11.1 Å². The maximum absolute atomic E-state index is 9.90. The van der Waals surface area contributed by atoms with Crippen LogP contribution in [-0.4, -0.2) is 18.3 Å². The van der Waals surface area contributed by atoms with Crippen LogP contribution in [0.25, 0.3) is 0 Å². The second kappa shape index (κ2) is 5.91. The molecule has 3 aliphatic rings. The molecule has 2 aliphatic carbocycles. The van der Waals surface area contributed by atoms with Gasteiger partial charge in [0.05, 0.1) is 13.2 Å². The van der Waals surface area contributed by atoms with Crippen molar-refractivity contribution < 1.29 is 9.84 Å². The molecule has 4 rings (SSSR count). The first-order chi connectivity index (χ1) is 11.6. The predicted octanol–water partition coefficient (Wildman–Crippen LogP) is 5.28. The van der Waals surface area contributed by atoms with Gasteiger partial charge in [-0.05, 0) is 67.4 Å². The van der Waals surface area contributed by atoms with Crippen molar-refractivity contribution in [3.63, 3.8) is 0 Å². The lowest BCUT2D eigenvalue weighted by atomic mass is 9.53. The lowest BCUT2D eigenvalue weighted by Gasteiger charge is -2.50. The van der Waals surface area contributed by atoms with Crippen molar-refractivity contribution in [2.75, 3.05) is 13.2 Å². The first kappa shape index (κ1) is 16.2. The summed E-state index contributed by atoms with van der Waals surface area (Å²) in [6.45, 7) is 6.43. The molecule has 1 aromatic rings. The van der Waals surface area contributed by atoms with Crippen LogP contribution in [0.1, 0.15) is 69.9 Å². The van der Waals surface area contributed by atoms with Crippen LogP contribution in [0, 0.1) is 5.41 Å². The van der Waals surface area contributed by atoms with Gasteiger partial charge < -0.3 is 9.84 Å². The molecule has 0 radical (unpaired) electrons. The van der Waals surface area contributed by atoms with E-state index in [0.717, 1.165) is 32.5 Å². The molecule has 0 aromatic heterocycles. The number of allylic oxidation sites excluding steroid dienone is 1. The second-order valence-corrected chi connectivity index (χ2v) is 8.11. The summed E-state index contributed by atoms with van der Waals surface area (Å²) in [5.41, 5.74) is 6.72. The van der Waals surface area contributed by atoms with Crippen LogP contribution in [0.5, 0.6) is 5.75 Å². The van der Waals surface area contributed by atoms with Gasteiger partial charge in [0.1, 0.15) is 5.75 Å². The lowest BCUT2D eigenvalue weighted by Crippen LogP contribution is -2.42. The van der Waals surface area contributed by atoms with Crippen molar-refractivity contribution in [3.05, 3.63) is 40.5 Å². The van der Waals surface area contributed by atoms with E-state index in [2.05, 4.69) is 19.9 Å². The third-order valence-corrected chi connectivity index (χ3v) is 7.10. The normalized spacial score (nSPS) is 31.6. The Morgan fingerprint density at radius 3 is 2.79 bits per heavy atom. The van der Waals surface area contributed by atoms with E-state index in [0.29, 0.717) is 11.2 Å². The summed E-state index contributed by atoms with van der Waals surface area (Å²) in [7, 11) is 0. The zero-order valence-corrected chi connectivity index (χ0v) is 15.2. The number of unbranched alkanes of at least 4 members (excludes halogenated alkanes) is 1. The van der Waals surface area contributed by atoms with E-state index >= 15 is 0 Å². The van der Waals surface area contributed by atoms with Gasteiger partial charge in [0.25, 0.3) is 0 Å². The second-order valence-electron chi connectivity index (χ2n) is 8.11. The van der Waals surface area contributed by atoms with Crippen LogP contribution in [0.3, 0.4) is 0 Å². The van der Waals surface area contributed by atoms with Crippen molar-refractivity contribution in [1.29, 1.82) is 0 Å². The van der Waals surface area contributed by atoms with Gasteiger partial charge >= 0.3 is 0 Å². The Bertz CT molecular complexity index is 675. The molecule has 2 nitrogen and oxygen atoms in total. The van der Waals surface area contributed by atoms with E-state index in [1.807, 2.05) is 12.1 Å². The molecule has 24 heavy (non-hydrogen) atoms. The molecule has 0 saturated carbocycles. The average Bonchev–Trinajstić information content (AvgIpc) is 3.03. The number of ether oxygens (including phenoxy) is 1. The summed E-state index contributed by atoms with van der Waals surface area (Å²) in [5.74, 6) is 0.411. The number of phenolic OH excluding ortho intramolecular Hbond substituents is 1. The Hall–Kier alpha value is -1.28. The summed E-state index contributed by atoms with van der Waals surface area (Å²) in [6, 6.07) is 6.08. The quantitative estimate of drug-likeness (QED) is 0.762. The maximum Gasteiger partial charge on any atom is 0.115 e. The SMILES string of the molecule is CCCCC12CCC3(CC)C(=C1COC2)CCc1cc(O)ccc13. The third-order valence-electron chi connectivity index (χ3n) is 7.10. The van der Waals surface area contributed by atoms with Crippen LogP contribution >= 0.6 is 0 Å². The van der Waals surface area contributed by atoms with E-state index in [9.17, 15) is 5.11 Å². The van der Waals surface area contributed by atoms with Crippen LogP contribution in [-0.2, 0) is 16.6 Å². The topological polar surface area (TPSA) is 29.5 Å². The van der Waals surface area contributed by atoms with E-state index in [4.69, 9.17) is 4.74 Å². The fourth-order valence-corrected chi connectivity index (χ4v) is 5.76. The Balaban J connectivity index is 1.84. The Kier molecular flexibility index (Phi) is 3.99. The van der Waals surface area contributed by atoms with Crippen LogP contribution in [0.4, 0.5) is 0 Å². The molecule has 1 aromatic carbocycles. The van der Waals surface area contributed by atoms with Gasteiger partial charge in [0, 0.05) is 10.8 Å². The monoisotopic (exact) mass is 326 g/mol. The zero-order chi connectivity index (χ0) is 16.8. The van der Waals surface area contributed by atoms with Crippen molar-refractivity contribution in [2.24, 2.45) is 5.41 Å². The molecule has 130 valence electrons. The molecular weight excluding hydrogens is 296 g/mol. The summed E-state index contributed by atoms with van der Waals surface area (Å²) >= 11 is 0. The highest BCUT2D eigenvalue weighted by atomic mass is 16.5. The van der Waals surface area contributed by atoms with Crippen molar-refractivity contribution in [2.45, 2.75) is 70.6 Å². The van der Waals surface area contributed by atoms with Gasteiger partial charge in [0.15, 0.2) is 0 Å². The number of rotatable bonds is 4. The average molecular weight is 326 g/mol. The van der Waals surface area contributed by atoms with Crippen LogP contribution in [0.2, 0.25) is 0 Å². The van der Waals surface area contributed by atoms with Crippen LogP contribution in [0.15, 0.2) is 29.3 Å². The molecule has 0 bridgehead atoms. The Labute approximate surface area is 145 Å². The fraction of sp³-hybridized carbons (Fsp3) is 0.636. The van der Waals surface area contributed by atoms with E-state index < -0.39 is 0 Å². The number of hydrogen-bond donors (Lipinski definition) is 1. The van der Waals surface area contributed by atoms with E-state index in [1.165, 1.54) is 43.2 Å². The molecule has 1 heterocycles. The molecule has 2 atom stereocenters. The first-order valence-corrected chi connectivity index (χ1v) is 9.78. The predicted molar refractivity (Wildman–Crippen MR) is 97.4 cm³/mol. The summed E-state index contributed by atoms with van der Waals surface area (Å²) in [6.07, 6.45) is 9.76. The lowest BCUT2D eigenvalue weighted by molar-refractivity contribution is 0.129. The van der Waals surface area contributed by atoms with E-state index in [-0.39, 0.29) is 5.41 Å². The molecule has 0 spiro atoms. The number of aromatic hydroxyl groups is 1. The molecule has 1 aliphatic heterocycles. The Morgan fingerprint density at radius 1 is 1.12 bits per heavy atom. The summed E-state index contributed by atoms with van der Waals surface area (Å²) in [5, 5.41) is 9.90. The molecule has 2 heteroatoms. The van der Waals surface area contributed by atoms with Gasteiger partial charge in [-0.25, -0.2) is 0 Å². The van der Waals surface area contributed by atoms with Crippen molar-refractivity contribution in [1.82, 2.24) is 0 Å². The molecule has 1 fully saturated rings. The minimum absolute atomic E-state index is 0.194. The highest BCUT2D eigenvalue weighted by molar-refractivity contribution is 5.52. The standard InChI is InChI=1S/C22H30O2/c1-3-5-10-21-11-12-22(4-2)18-9-7-17(23)13-16(18)6-8-19(22)20(21)14-24-15-21/h7,9,13,23H,3-6,8,10-12,14-15H2,1-2H3. The molecule has 1 saturated heterocycles. The van der Waals surface area contributed by atoms with Gasteiger partial charge in [-0.15, -0.1) is 0 Å². The zero-order valence-electron chi connectivity index (χ0n) is 15.2. The molecular formula is C22H30O2. The minimum atomic E-state index is 0.194. The smallest absolute Gasteiger partial charge is 0.115 e. The minimum Gasteiger partial charge on any atom is -0.508 e. The van der Waals surface area contributed by atoms with Gasteiger partial charge in [-0.1, -0.05) is 38.3 Å². The van der Waals surface area contributed by atoms with Gasteiger partial charge in [0.2, 0.25) is 0 Å². The largest absolute Gasteiger partial charge is 0.508 e. The Morgan fingerprint density at radius 2 is 2.00 bits per heavy atom. The number of aryl methyl sites for hydroxylation is 1. The maximum atomic E-state index is 9.90. The third kappa shape index (κ3) is 2.19. The van der Waals surface area contributed by atoms with Gasteiger partial charge in [-0.3, -0.25) is 0 Å². The van der Waals surface area contributed by atoms with Gasteiger partial charge in [-0.2, -0.15) is 0 Å². The number of fused-ring (bicyclic) bond motifs is 4. The molecule has 0 amide bonds.